The van der Waals surface area contributed by atoms with Gasteiger partial charge in [-0.2, -0.15) is 0 Å². The Morgan fingerprint density at radius 1 is 0.576 bits per heavy atom. The summed E-state index contributed by atoms with van der Waals surface area (Å²) in [5.74, 6) is 2.80. The number of ether oxygens (including phenoxy) is 4. The summed E-state index contributed by atoms with van der Waals surface area (Å²) < 4.78 is 28.1. The number of benzene rings is 4. The molecule has 0 bridgehead atoms. The molecular weight excluding hydrogens is 853 g/mol. The predicted molar refractivity (Wildman–Crippen MR) is 281 cm³/mol. The van der Waals surface area contributed by atoms with Gasteiger partial charge in [0.1, 0.15) is 23.0 Å². The predicted octanol–water partition coefficient (Wildman–Crippen LogP) is 16.2. The number of hydrogen-bond donors (Lipinski definition) is 0. The Morgan fingerprint density at radius 3 is 1.52 bits per heavy atom. The number of hydrogen-bond acceptors (Lipinski definition) is 7. The van der Waals surface area contributed by atoms with E-state index in [9.17, 15) is 9.59 Å². The van der Waals surface area contributed by atoms with E-state index in [-0.39, 0.29) is 18.8 Å². The highest BCUT2D eigenvalue weighted by molar-refractivity contribution is 6.84. The number of aryl methyl sites for hydroxylation is 2. The fraction of sp³-hybridized carbons (Fsp3) is 0.544. The maximum atomic E-state index is 11.5. The summed E-state index contributed by atoms with van der Waals surface area (Å²) in [4.78, 5) is 22.6. The molecule has 0 radical (unpaired) electrons. The summed E-state index contributed by atoms with van der Waals surface area (Å²) in [6.07, 6.45) is 20.2. The van der Waals surface area contributed by atoms with Crippen LogP contribution in [0.15, 0.2) is 84.9 Å². The highest BCUT2D eigenvalue weighted by Gasteiger charge is 2.36. The van der Waals surface area contributed by atoms with Crippen molar-refractivity contribution in [2.45, 2.75) is 187 Å². The van der Waals surface area contributed by atoms with Gasteiger partial charge >= 0.3 is 11.9 Å². The van der Waals surface area contributed by atoms with E-state index in [4.69, 9.17) is 23.1 Å². The van der Waals surface area contributed by atoms with Crippen LogP contribution in [0.5, 0.6) is 23.0 Å². The Labute approximate surface area is 403 Å². The number of unbranched alkanes of at least 4 members (excludes halogenated alkanes) is 8. The molecule has 0 N–H and O–H groups in total. The third-order valence-electron chi connectivity index (χ3n) is 13.4. The first-order valence-electron chi connectivity index (χ1n) is 25.1. The number of esters is 2. The fourth-order valence-electron chi connectivity index (χ4n) is 10.0. The van der Waals surface area contributed by atoms with Gasteiger partial charge < -0.3 is 23.1 Å². The Kier molecular flexibility index (Phi) is 22.2. The van der Waals surface area contributed by atoms with Gasteiger partial charge in [-0.15, -0.1) is 0 Å². The second-order valence-corrected chi connectivity index (χ2v) is 28.8. The zero-order valence-corrected chi connectivity index (χ0v) is 44.7. The van der Waals surface area contributed by atoms with Crippen LogP contribution in [0.4, 0.5) is 0 Å². The molecule has 1 atom stereocenters. The molecule has 9 heteroatoms. The quantitative estimate of drug-likeness (QED) is 0.0300. The van der Waals surface area contributed by atoms with Gasteiger partial charge in [0.15, 0.2) is 16.6 Å². The monoisotopic (exact) mass is 939 g/mol. The average molecular weight is 939 g/mol. The molecule has 1 saturated carbocycles. The number of carbonyl (C=O) groups is 2. The van der Waals surface area contributed by atoms with Crippen LogP contribution in [0.1, 0.15) is 164 Å². The summed E-state index contributed by atoms with van der Waals surface area (Å²) >= 11 is 0. The van der Waals surface area contributed by atoms with Crippen LogP contribution in [0.3, 0.4) is 0 Å². The molecule has 0 amide bonds. The third-order valence-corrected chi connectivity index (χ3v) is 20.9. The van der Waals surface area contributed by atoms with Crippen LogP contribution in [-0.2, 0) is 19.1 Å². The molecule has 0 aliphatic heterocycles. The molecule has 1 aliphatic rings. The van der Waals surface area contributed by atoms with E-state index >= 15 is 0 Å². The first-order chi connectivity index (χ1) is 31.5. The molecule has 0 heterocycles. The van der Waals surface area contributed by atoms with Crippen molar-refractivity contribution in [1.82, 2.24) is 0 Å². The smallest absolute Gasteiger partial charge is 0.308 e. The van der Waals surface area contributed by atoms with Gasteiger partial charge in [-0.05, 0) is 141 Å². The van der Waals surface area contributed by atoms with Crippen molar-refractivity contribution in [2.75, 3.05) is 14.2 Å². The minimum absolute atomic E-state index is 0. The first kappa shape index (κ1) is 54.4. The lowest BCUT2D eigenvalue weighted by molar-refractivity contribution is -0.132. The zero-order chi connectivity index (χ0) is 48.2. The molecular formula is C57H86O7Si2. The van der Waals surface area contributed by atoms with E-state index < -0.39 is 16.6 Å². The topological polar surface area (TPSA) is 80.3 Å². The summed E-state index contributed by atoms with van der Waals surface area (Å²) in [5, 5.41) is 0. The van der Waals surface area contributed by atoms with Gasteiger partial charge in [0, 0.05) is 26.6 Å². The Bertz CT molecular complexity index is 2080. The van der Waals surface area contributed by atoms with E-state index in [1.165, 1.54) is 132 Å². The van der Waals surface area contributed by atoms with Gasteiger partial charge in [0.25, 0.3) is 0 Å². The molecule has 5 rings (SSSR count). The SMILES string of the molecule is CCCC[Si](C)(C)O[Si](C)(C)CCCCCCCCCCC(c1ccc(OC)c(C)c1)c1ccc(OC(C)=O)c(C)c1.COc1ccc(C2(c3ccc(OC(C)=O)cc3)CCCCC2)cc1.[HH]. The van der Waals surface area contributed by atoms with E-state index in [1.54, 1.807) is 14.2 Å². The van der Waals surface area contributed by atoms with Crippen molar-refractivity contribution >= 4 is 28.6 Å². The van der Waals surface area contributed by atoms with Crippen LogP contribution in [0.25, 0.3) is 0 Å². The van der Waals surface area contributed by atoms with Crippen LogP contribution in [0.2, 0.25) is 38.3 Å². The minimum Gasteiger partial charge on any atom is -0.497 e. The molecule has 0 spiro atoms. The van der Waals surface area contributed by atoms with Crippen molar-refractivity contribution in [3.63, 3.8) is 0 Å². The van der Waals surface area contributed by atoms with Crippen molar-refractivity contribution < 1.29 is 34.1 Å². The molecule has 0 aromatic heterocycles. The summed E-state index contributed by atoms with van der Waals surface area (Å²) in [6, 6.07) is 31.9. The van der Waals surface area contributed by atoms with Gasteiger partial charge in [-0.1, -0.05) is 139 Å². The second-order valence-electron chi connectivity index (χ2n) is 20.0. The Morgan fingerprint density at radius 2 is 1.05 bits per heavy atom. The second kappa shape index (κ2) is 27.0. The van der Waals surface area contributed by atoms with E-state index in [1.807, 2.05) is 37.3 Å². The van der Waals surface area contributed by atoms with Crippen molar-refractivity contribution in [3.8, 4) is 23.0 Å². The van der Waals surface area contributed by atoms with Crippen LogP contribution < -0.4 is 18.9 Å². The summed E-state index contributed by atoms with van der Waals surface area (Å²) in [7, 11) is 0.403. The highest BCUT2D eigenvalue weighted by Crippen LogP contribution is 2.45. The molecule has 4 aromatic carbocycles. The maximum Gasteiger partial charge on any atom is 0.308 e. The fourth-order valence-corrected chi connectivity index (χ4v) is 19.1. The van der Waals surface area contributed by atoms with E-state index in [2.05, 4.69) is 94.6 Å². The molecule has 1 aliphatic carbocycles. The van der Waals surface area contributed by atoms with E-state index in [0.29, 0.717) is 17.4 Å². The molecule has 0 saturated heterocycles. The average Bonchev–Trinajstić information content (AvgIpc) is 3.28. The van der Waals surface area contributed by atoms with Gasteiger partial charge in [-0.3, -0.25) is 9.59 Å². The first-order valence-corrected chi connectivity index (χ1v) is 31.3. The van der Waals surface area contributed by atoms with Gasteiger partial charge in [0.05, 0.1) is 14.2 Å². The lowest BCUT2D eigenvalue weighted by atomic mass is 9.65. The minimum atomic E-state index is -1.53. The van der Waals surface area contributed by atoms with Gasteiger partial charge in [0.2, 0.25) is 0 Å². The normalized spacial score (nSPS) is 14.1. The van der Waals surface area contributed by atoms with E-state index in [0.717, 1.165) is 41.9 Å². The summed E-state index contributed by atoms with van der Waals surface area (Å²) in [6.45, 7) is 19.0. The lowest BCUT2D eigenvalue weighted by Crippen LogP contribution is -2.44. The van der Waals surface area contributed by atoms with Crippen molar-refractivity contribution in [2.24, 2.45) is 0 Å². The summed E-state index contributed by atoms with van der Waals surface area (Å²) in [5.41, 5.74) is 7.43. The Hall–Kier alpha value is -4.19. The van der Waals surface area contributed by atoms with Crippen LogP contribution >= 0.6 is 0 Å². The van der Waals surface area contributed by atoms with Crippen LogP contribution in [0, 0.1) is 13.8 Å². The lowest BCUT2D eigenvalue weighted by Gasteiger charge is -2.38. The van der Waals surface area contributed by atoms with Gasteiger partial charge in [-0.25, -0.2) is 0 Å². The van der Waals surface area contributed by atoms with Crippen molar-refractivity contribution in [1.29, 1.82) is 0 Å². The molecule has 1 unspecified atom stereocenters. The molecule has 66 heavy (non-hydrogen) atoms. The third kappa shape index (κ3) is 17.5. The maximum absolute atomic E-state index is 11.5. The largest absolute Gasteiger partial charge is 0.497 e. The molecule has 364 valence electrons. The standard InChI is InChI=1S/C36H60O4Si2.C21H24O3.H2/c1-10-11-25-41(6,7)40-42(8,9)26-19-17-15-13-12-14-16-18-20-34(32-21-23-35(38-5)29(2)27-32)33-22-24-36(30(3)28-33)39-31(4)37;1-16(22)24-20-12-8-18(9-13-20)21(14-4-3-5-15-21)17-6-10-19(23-2)11-7-17;/h21-24,27-28,34H,10-20,25-26H2,1-9H3;6-13H,3-5,14-15H2,1-2H3;1H. The zero-order valence-electron chi connectivity index (χ0n) is 42.7. The molecule has 7 nitrogen and oxygen atoms in total. The molecule has 1 fully saturated rings. The van der Waals surface area contributed by atoms with Crippen molar-refractivity contribution in [3.05, 3.63) is 118 Å². The van der Waals surface area contributed by atoms with Crippen LogP contribution in [-0.4, -0.2) is 42.8 Å². The number of rotatable bonds is 24. The number of carbonyl (C=O) groups excluding carboxylic acids is 2. The Balaban J connectivity index is 0.000000401. The number of methoxy groups -OCH3 is 2. The highest BCUT2D eigenvalue weighted by atomic mass is 28.4. The molecule has 4 aromatic rings.